The average molecular weight is 196 g/mol. The van der Waals surface area contributed by atoms with Crippen LogP contribution < -0.4 is 5.32 Å². The van der Waals surface area contributed by atoms with Crippen LogP contribution in [-0.2, 0) is 0 Å². The molecule has 0 aliphatic heterocycles. The maximum atomic E-state index is 10.5. The van der Waals surface area contributed by atoms with Gasteiger partial charge in [-0.3, -0.25) is 0 Å². The molecule has 0 bridgehead atoms. The molecule has 1 unspecified atom stereocenters. The number of oxazole rings is 1. The molecule has 0 spiro atoms. The van der Waals surface area contributed by atoms with Gasteiger partial charge in [0.05, 0.1) is 0 Å². The third kappa shape index (κ3) is 1.86. The molecular weight excluding hydrogens is 184 g/mol. The van der Waals surface area contributed by atoms with Crippen LogP contribution in [0.4, 0.5) is 6.01 Å². The van der Waals surface area contributed by atoms with Gasteiger partial charge in [-0.1, -0.05) is 0 Å². The number of rotatable bonds is 4. The summed E-state index contributed by atoms with van der Waals surface area (Å²) in [6.45, 7) is 2.04. The van der Waals surface area contributed by atoms with E-state index in [9.17, 15) is 4.79 Å². The van der Waals surface area contributed by atoms with Crippen molar-refractivity contribution in [3.8, 4) is 0 Å². The lowest BCUT2D eigenvalue weighted by Gasteiger charge is -2.09. The maximum Gasteiger partial charge on any atom is 0.357 e. The first-order valence-corrected chi connectivity index (χ1v) is 4.62. The highest BCUT2D eigenvalue weighted by molar-refractivity contribution is 5.85. The van der Waals surface area contributed by atoms with Crippen LogP contribution in [0.2, 0.25) is 0 Å². The van der Waals surface area contributed by atoms with Gasteiger partial charge in [-0.25, -0.2) is 4.79 Å². The van der Waals surface area contributed by atoms with E-state index in [1.165, 1.54) is 12.8 Å². The second-order valence-electron chi connectivity index (χ2n) is 3.61. The van der Waals surface area contributed by atoms with Crippen molar-refractivity contribution in [2.45, 2.75) is 25.8 Å². The number of hydrogen-bond donors (Lipinski definition) is 2. The molecule has 2 N–H and O–H groups in total. The lowest BCUT2D eigenvalue weighted by Crippen LogP contribution is -2.17. The lowest BCUT2D eigenvalue weighted by molar-refractivity contribution is 0.0690. The molecular formula is C9H12N2O3. The Labute approximate surface area is 81.1 Å². The molecule has 1 saturated carbocycles. The number of carbonyl (C=O) groups is 1. The van der Waals surface area contributed by atoms with Gasteiger partial charge in [0.25, 0.3) is 6.01 Å². The quantitative estimate of drug-likeness (QED) is 0.764. The van der Waals surface area contributed by atoms with Crippen LogP contribution in [0.15, 0.2) is 10.7 Å². The van der Waals surface area contributed by atoms with Gasteiger partial charge in [0, 0.05) is 6.04 Å². The van der Waals surface area contributed by atoms with E-state index in [1.807, 2.05) is 6.92 Å². The van der Waals surface area contributed by atoms with Gasteiger partial charge in [0.2, 0.25) is 0 Å². The number of carboxylic acids is 1. The van der Waals surface area contributed by atoms with E-state index in [0.717, 1.165) is 6.26 Å². The zero-order valence-corrected chi connectivity index (χ0v) is 7.86. The minimum absolute atomic E-state index is 0.0597. The summed E-state index contributed by atoms with van der Waals surface area (Å²) < 4.78 is 4.97. The molecule has 5 nitrogen and oxygen atoms in total. The Kier molecular flexibility index (Phi) is 2.15. The third-order valence-electron chi connectivity index (χ3n) is 2.40. The standard InChI is InChI=1S/C9H12N2O3/c1-5(6-2-3-6)10-9-11-7(4-14-9)8(12)13/h4-6H,2-3H2,1H3,(H,10,11)(H,12,13). The smallest absolute Gasteiger partial charge is 0.357 e. The van der Waals surface area contributed by atoms with E-state index in [4.69, 9.17) is 9.52 Å². The number of aromatic carboxylic acids is 1. The van der Waals surface area contributed by atoms with Crippen LogP contribution in [0.3, 0.4) is 0 Å². The average Bonchev–Trinajstić information content (AvgIpc) is 2.87. The first kappa shape index (κ1) is 9.05. The molecule has 1 atom stereocenters. The van der Waals surface area contributed by atoms with Crippen LogP contribution in [0.1, 0.15) is 30.3 Å². The summed E-state index contributed by atoms with van der Waals surface area (Å²) in [5, 5.41) is 11.6. The van der Waals surface area contributed by atoms with Crippen LogP contribution in [0.5, 0.6) is 0 Å². The Bertz CT molecular complexity index is 344. The minimum Gasteiger partial charge on any atom is -0.476 e. The molecule has 1 aliphatic rings. The summed E-state index contributed by atoms with van der Waals surface area (Å²) in [5.41, 5.74) is -0.0597. The van der Waals surface area contributed by atoms with Crippen molar-refractivity contribution in [2.75, 3.05) is 5.32 Å². The van der Waals surface area contributed by atoms with Crippen molar-refractivity contribution in [3.05, 3.63) is 12.0 Å². The van der Waals surface area contributed by atoms with Crippen molar-refractivity contribution in [1.82, 2.24) is 4.98 Å². The molecule has 1 fully saturated rings. The molecule has 2 rings (SSSR count). The largest absolute Gasteiger partial charge is 0.476 e. The molecule has 1 aliphatic carbocycles. The van der Waals surface area contributed by atoms with Crippen LogP contribution in [0.25, 0.3) is 0 Å². The molecule has 0 aromatic carbocycles. The number of hydrogen-bond acceptors (Lipinski definition) is 4. The Morgan fingerprint density at radius 2 is 2.50 bits per heavy atom. The van der Waals surface area contributed by atoms with E-state index < -0.39 is 5.97 Å². The van der Waals surface area contributed by atoms with Gasteiger partial charge >= 0.3 is 5.97 Å². The number of nitrogens with one attached hydrogen (secondary N) is 1. The summed E-state index contributed by atoms with van der Waals surface area (Å²) in [7, 11) is 0. The van der Waals surface area contributed by atoms with Gasteiger partial charge in [-0.2, -0.15) is 4.98 Å². The van der Waals surface area contributed by atoms with Crippen molar-refractivity contribution >= 4 is 12.0 Å². The highest BCUT2D eigenvalue weighted by Gasteiger charge is 2.28. The summed E-state index contributed by atoms with van der Waals surface area (Å²) in [6, 6.07) is 0.595. The minimum atomic E-state index is -1.07. The normalized spacial score (nSPS) is 17.8. The second-order valence-corrected chi connectivity index (χ2v) is 3.61. The molecule has 0 amide bonds. The predicted molar refractivity (Wildman–Crippen MR) is 49.3 cm³/mol. The van der Waals surface area contributed by atoms with E-state index in [0.29, 0.717) is 18.0 Å². The molecule has 0 radical (unpaired) electrons. The zero-order chi connectivity index (χ0) is 10.1. The summed E-state index contributed by atoms with van der Waals surface area (Å²) >= 11 is 0. The van der Waals surface area contributed by atoms with Crippen molar-refractivity contribution in [1.29, 1.82) is 0 Å². The van der Waals surface area contributed by atoms with Gasteiger partial charge in [-0.15, -0.1) is 0 Å². The van der Waals surface area contributed by atoms with E-state index in [1.54, 1.807) is 0 Å². The Morgan fingerprint density at radius 1 is 1.79 bits per heavy atom. The Hall–Kier alpha value is -1.52. The third-order valence-corrected chi connectivity index (χ3v) is 2.40. The molecule has 1 heterocycles. The molecule has 76 valence electrons. The number of anilines is 1. The fraction of sp³-hybridized carbons (Fsp3) is 0.556. The van der Waals surface area contributed by atoms with E-state index >= 15 is 0 Å². The molecule has 1 aromatic rings. The number of aromatic nitrogens is 1. The molecule has 5 heteroatoms. The Balaban J connectivity index is 1.98. The fourth-order valence-corrected chi connectivity index (χ4v) is 1.35. The predicted octanol–water partition coefficient (Wildman–Crippen LogP) is 1.58. The van der Waals surface area contributed by atoms with Crippen molar-refractivity contribution in [2.24, 2.45) is 5.92 Å². The highest BCUT2D eigenvalue weighted by atomic mass is 16.4. The number of nitrogens with zero attached hydrogens (tertiary/aromatic N) is 1. The van der Waals surface area contributed by atoms with Gasteiger partial charge < -0.3 is 14.8 Å². The van der Waals surface area contributed by atoms with Crippen molar-refractivity contribution < 1.29 is 14.3 Å². The van der Waals surface area contributed by atoms with Crippen LogP contribution in [-0.4, -0.2) is 22.1 Å². The first-order chi connectivity index (χ1) is 6.66. The summed E-state index contributed by atoms with van der Waals surface area (Å²) in [4.78, 5) is 14.3. The fourth-order valence-electron chi connectivity index (χ4n) is 1.35. The first-order valence-electron chi connectivity index (χ1n) is 4.62. The number of carboxylic acid groups (broad SMARTS) is 1. The van der Waals surface area contributed by atoms with Crippen LogP contribution >= 0.6 is 0 Å². The van der Waals surface area contributed by atoms with Crippen LogP contribution in [0, 0.1) is 5.92 Å². The van der Waals surface area contributed by atoms with Gasteiger partial charge in [0.1, 0.15) is 6.26 Å². The van der Waals surface area contributed by atoms with E-state index in [-0.39, 0.29) is 5.69 Å². The zero-order valence-electron chi connectivity index (χ0n) is 7.86. The lowest BCUT2D eigenvalue weighted by atomic mass is 10.2. The molecule has 1 aromatic heterocycles. The SMILES string of the molecule is CC(Nc1nc(C(=O)O)co1)C1CC1. The Morgan fingerprint density at radius 3 is 3.00 bits per heavy atom. The monoisotopic (exact) mass is 196 g/mol. The topological polar surface area (TPSA) is 75.4 Å². The molecule has 0 saturated heterocycles. The summed E-state index contributed by atoms with van der Waals surface area (Å²) in [5.74, 6) is -0.393. The molecule has 14 heavy (non-hydrogen) atoms. The van der Waals surface area contributed by atoms with Gasteiger partial charge in [0.15, 0.2) is 5.69 Å². The summed E-state index contributed by atoms with van der Waals surface area (Å²) in [6.07, 6.45) is 3.59. The van der Waals surface area contributed by atoms with E-state index in [2.05, 4.69) is 10.3 Å². The highest BCUT2D eigenvalue weighted by Crippen LogP contribution is 2.33. The van der Waals surface area contributed by atoms with Crippen molar-refractivity contribution in [3.63, 3.8) is 0 Å². The van der Waals surface area contributed by atoms with Gasteiger partial charge in [-0.05, 0) is 25.7 Å². The maximum absolute atomic E-state index is 10.5. The second kappa shape index (κ2) is 3.32.